The molecule has 131 valence electrons. The molecule has 0 amide bonds. The summed E-state index contributed by atoms with van der Waals surface area (Å²) in [6, 6.07) is 20.1. The molecule has 2 aromatic carbocycles. The molecule has 0 aliphatic heterocycles. The van der Waals surface area contributed by atoms with Gasteiger partial charge in [0.25, 0.3) is 0 Å². The first-order chi connectivity index (χ1) is 11.8. The van der Waals surface area contributed by atoms with Crippen molar-refractivity contribution in [2.24, 2.45) is 0 Å². The third-order valence-corrected chi connectivity index (χ3v) is 3.85. The zero-order valence-electron chi connectivity index (χ0n) is 15.5. The van der Waals surface area contributed by atoms with Crippen LogP contribution in [0.5, 0.6) is 0 Å². The Morgan fingerprint density at radius 1 is 0.840 bits per heavy atom. The van der Waals surface area contributed by atoms with Crippen LogP contribution in [-0.4, -0.2) is 20.2 Å². The molecule has 0 spiro atoms. The molecule has 0 saturated carbocycles. The largest absolute Gasteiger partial charge is 0.206 e. The fourth-order valence-corrected chi connectivity index (χ4v) is 2.68. The van der Waals surface area contributed by atoms with Crippen LogP contribution in [0.25, 0.3) is 5.69 Å². The molecular formula is C19H25N4SY-. The van der Waals surface area contributed by atoms with Gasteiger partial charge in [-0.2, -0.15) is 22.4 Å². The van der Waals surface area contributed by atoms with Crippen molar-refractivity contribution in [3.05, 3.63) is 71.5 Å². The Bertz CT molecular complexity index is 674. The van der Waals surface area contributed by atoms with E-state index in [1.165, 1.54) is 5.56 Å². The summed E-state index contributed by atoms with van der Waals surface area (Å²) in [5.41, 5.74) is 2.14. The van der Waals surface area contributed by atoms with E-state index in [9.17, 15) is 0 Å². The quantitative estimate of drug-likeness (QED) is 0.410. The van der Waals surface area contributed by atoms with E-state index in [1.807, 2.05) is 76.2 Å². The summed E-state index contributed by atoms with van der Waals surface area (Å²) in [4.78, 5) is 0. The van der Waals surface area contributed by atoms with Gasteiger partial charge < -0.3 is 0 Å². The zero-order valence-corrected chi connectivity index (χ0v) is 19.2. The molecular weight excluding hydrogens is 405 g/mol. The number of benzene rings is 2. The molecule has 0 N–H and O–H groups in total. The molecule has 4 nitrogen and oxygen atoms in total. The molecule has 1 heterocycles. The van der Waals surface area contributed by atoms with E-state index in [4.69, 9.17) is 0 Å². The van der Waals surface area contributed by atoms with Gasteiger partial charge in [0, 0.05) is 32.7 Å². The maximum absolute atomic E-state index is 4.10. The summed E-state index contributed by atoms with van der Waals surface area (Å²) in [5.74, 6) is 0. The van der Waals surface area contributed by atoms with Crippen molar-refractivity contribution in [1.29, 1.82) is 0 Å². The first-order valence-corrected chi connectivity index (χ1v) is 9.07. The Balaban J connectivity index is 0.00000108. The predicted octanol–water partition coefficient (Wildman–Crippen LogP) is 5.40. The summed E-state index contributed by atoms with van der Waals surface area (Å²) >= 11 is 1.57. The minimum Gasteiger partial charge on any atom is -0.188 e. The van der Waals surface area contributed by atoms with Crippen LogP contribution < -0.4 is 0 Å². The van der Waals surface area contributed by atoms with Crippen molar-refractivity contribution in [1.82, 2.24) is 20.2 Å². The van der Waals surface area contributed by atoms with Gasteiger partial charge >= 0.3 is 0 Å². The fraction of sp³-hybridized carbons (Fsp3) is 0.263. The van der Waals surface area contributed by atoms with Crippen LogP contribution in [0.1, 0.15) is 40.2 Å². The van der Waals surface area contributed by atoms with Crippen LogP contribution in [0.4, 0.5) is 0 Å². The first-order valence-electron chi connectivity index (χ1n) is 8.25. The summed E-state index contributed by atoms with van der Waals surface area (Å²) in [6.45, 7) is 10.1. The van der Waals surface area contributed by atoms with Gasteiger partial charge in [-0.05, 0) is 22.6 Å². The minimum atomic E-state index is 0. The first kappa shape index (κ1) is 23.8. The van der Waals surface area contributed by atoms with Crippen molar-refractivity contribution in [2.75, 3.05) is 0 Å². The van der Waals surface area contributed by atoms with Crippen LogP contribution in [0.2, 0.25) is 0 Å². The molecule has 3 rings (SSSR count). The normalized spacial score (nSPS) is 8.84. The van der Waals surface area contributed by atoms with E-state index in [0.717, 1.165) is 16.1 Å². The van der Waals surface area contributed by atoms with Crippen LogP contribution in [0, 0.1) is 5.25 Å². The summed E-state index contributed by atoms with van der Waals surface area (Å²) < 4.78 is 1.75. The third kappa shape index (κ3) is 7.31. The number of hydrogen-bond donors (Lipinski definition) is 0. The SMILES string of the molecule is CC.CC.C[C-](Sc1nnnn1-c1ccccc1)c1ccccc1.[Y]. The van der Waals surface area contributed by atoms with Crippen LogP contribution >= 0.6 is 11.8 Å². The Labute approximate surface area is 180 Å². The van der Waals surface area contributed by atoms with Crippen LogP contribution in [0.3, 0.4) is 0 Å². The Morgan fingerprint density at radius 2 is 1.36 bits per heavy atom. The van der Waals surface area contributed by atoms with Crippen LogP contribution in [-0.2, 0) is 32.7 Å². The molecule has 0 bridgehead atoms. The average Bonchev–Trinajstić information content (AvgIpc) is 3.14. The van der Waals surface area contributed by atoms with Gasteiger partial charge in [0.2, 0.25) is 5.16 Å². The average molecular weight is 430 g/mol. The number of thioether (sulfide) groups is 1. The van der Waals surface area contributed by atoms with Crippen molar-refractivity contribution in [3.63, 3.8) is 0 Å². The zero-order chi connectivity index (χ0) is 17.8. The number of nitrogens with zero attached hydrogens (tertiary/aromatic N) is 4. The molecule has 0 aliphatic carbocycles. The summed E-state index contributed by atoms with van der Waals surface area (Å²) in [5, 5.41) is 13.9. The number of rotatable bonds is 4. The van der Waals surface area contributed by atoms with E-state index in [1.54, 1.807) is 16.4 Å². The van der Waals surface area contributed by atoms with E-state index >= 15 is 0 Å². The van der Waals surface area contributed by atoms with Crippen molar-refractivity contribution in [2.45, 2.75) is 39.8 Å². The molecule has 1 radical (unpaired) electrons. The minimum absolute atomic E-state index is 0. The summed E-state index contributed by atoms with van der Waals surface area (Å²) in [7, 11) is 0. The topological polar surface area (TPSA) is 43.6 Å². The molecule has 0 unspecified atom stereocenters. The van der Waals surface area contributed by atoms with Gasteiger partial charge in [-0.15, -0.1) is 34.2 Å². The second kappa shape index (κ2) is 14.1. The van der Waals surface area contributed by atoms with Gasteiger partial charge in [-0.25, -0.2) is 0 Å². The standard InChI is InChI=1S/C15H13N4S.2C2H6.Y/c1-12(13-8-4-2-5-9-13)20-15-16-17-18-19(15)14-10-6-3-7-11-14;2*1-2;/h2-11H,1H3;2*1-2H3;/q-1;;;. The Kier molecular flexibility index (Phi) is 13.4. The molecule has 3 aromatic rings. The monoisotopic (exact) mass is 430 g/mol. The van der Waals surface area contributed by atoms with E-state index in [-0.39, 0.29) is 32.7 Å². The maximum Gasteiger partial charge on any atom is 0.206 e. The number of aromatic nitrogens is 4. The third-order valence-electron chi connectivity index (χ3n) is 2.87. The molecule has 0 aliphatic rings. The van der Waals surface area contributed by atoms with E-state index < -0.39 is 0 Å². The molecule has 0 saturated heterocycles. The van der Waals surface area contributed by atoms with Gasteiger partial charge in [0.1, 0.15) is 0 Å². The maximum atomic E-state index is 4.10. The van der Waals surface area contributed by atoms with Crippen molar-refractivity contribution < 1.29 is 32.7 Å². The number of hydrogen-bond acceptors (Lipinski definition) is 4. The molecule has 1 aromatic heterocycles. The Hall–Kier alpha value is -1.17. The second-order valence-electron chi connectivity index (χ2n) is 4.23. The second-order valence-corrected chi connectivity index (χ2v) is 5.41. The smallest absolute Gasteiger partial charge is 0.188 e. The van der Waals surface area contributed by atoms with E-state index in [0.29, 0.717) is 0 Å². The number of para-hydroxylation sites is 1. The fourth-order valence-electron chi connectivity index (χ4n) is 1.84. The molecule has 25 heavy (non-hydrogen) atoms. The van der Waals surface area contributed by atoms with Gasteiger partial charge in [-0.3, -0.25) is 0 Å². The molecule has 0 fully saturated rings. The van der Waals surface area contributed by atoms with Gasteiger partial charge in [0.15, 0.2) is 0 Å². The summed E-state index contributed by atoms with van der Waals surface area (Å²) in [6.07, 6.45) is 0. The molecule has 0 atom stereocenters. The van der Waals surface area contributed by atoms with Crippen molar-refractivity contribution in [3.8, 4) is 5.69 Å². The van der Waals surface area contributed by atoms with Gasteiger partial charge in [0.05, 0.1) is 5.69 Å². The number of tetrazole rings is 1. The van der Waals surface area contributed by atoms with Crippen LogP contribution in [0.15, 0.2) is 65.8 Å². The van der Waals surface area contributed by atoms with Gasteiger partial charge in [-0.1, -0.05) is 58.9 Å². The molecule has 6 heteroatoms. The van der Waals surface area contributed by atoms with E-state index in [2.05, 4.69) is 34.6 Å². The predicted molar refractivity (Wildman–Crippen MR) is 102 cm³/mol. The van der Waals surface area contributed by atoms with Crippen molar-refractivity contribution >= 4 is 11.8 Å². The Morgan fingerprint density at radius 3 is 1.92 bits per heavy atom.